The van der Waals surface area contributed by atoms with Crippen molar-refractivity contribution in [3.8, 4) is 0 Å². The molecule has 1 saturated heterocycles. The molecule has 0 aromatic heterocycles. The molecule has 0 atom stereocenters. The predicted octanol–water partition coefficient (Wildman–Crippen LogP) is 2.92. The molecule has 0 radical (unpaired) electrons. The molecular formula is C12H14BClF2O2. The predicted molar refractivity (Wildman–Crippen MR) is 67.1 cm³/mol. The van der Waals surface area contributed by atoms with Crippen molar-refractivity contribution in [3.05, 3.63) is 28.8 Å². The third-order valence-electron chi connectivity index (χ3n) is 3.53. The third kappa shape index (κ3) is 2.15. The number of halogens is 3. The second-order valence-corrected chi connectivity index (χ2v) is 5.81. The topological polar surface area (TPSA) is 18.5 Å². The van der Waals surface area contributed by atoms with Crippen LogP contribution >= 0.6 is 11.6 Å². The Kier molecular flexibility index (Phi) is 3.20. The largest absolute Gasteiger partial charge is 0.500 e. The number of hydrogen-bond acceptors (Lipinski definition) is 2. The zero-order valence-electron chi connectivity index (χ0n) is 10.7. The van der Waals surface area contributed by atoms with E-state index >= 15 is 0 Å². The van der Waals surface area contributed by atoms with E-state index in [1.165, 1.54) is 0 Å². The van der Waals surface area contributed by atoms with Crippen molar-refractivity contribution in [2.75, 3.05) is 0 Å². The molecule has 98 valence electrons. The van der Waals surface area contributed by atoms with Gasteiger partial charge in [0.2, 0.25) is 0 Å². The van der Waals surface area contributed by atoms with E-state index in [0.29, 0.717) is 0 Å². The van der Waals surface area contributed by atoms with Crippen molar-refractivity contribution in [2.45, 2.75) is 38.9 Å². The van der Waals surface area contributed by atoms with Crippen molar-refractivity contribution >= 4 is 24.2 Å². The Bertz CT molecular complexity index is 452. The first-order chi connectivity index (χ1) is 8.14. The van der Waals surface area contributed by atoms with Gasteiger partial charge in [-0.15, -0.1) is 0 Å². The van der Waals surface area contributed by atoms with Gasteiger partial charge in [-0.05, 0) is 39.8 Å². The van der Waals surface area contributed by atoms with E-state index in [-0.39, 0.29) is 10.5 Å². The van der Waals surface area contributed by atoms with Gasteiger partial charge >= 0.3 is 7.12 Å². The molecule has 2 rings (SSSR count). The molecule has 6 heteroatoms. The van der Waals surface area contributed by atoms with Crippen molar-refractivity contribution in [1.29, 1.82) is 0 Å². The number of hydrogen-bond donors (Lipinski definition) is 0. The monoisotopic (exact) mass is 274 g/mol. The van der Waals surface area contributed by atoms with Gasteiger partial charge in [-0.1, -0.05) is 11.6 Å². The van der Waals surface area contributed by atoms with E-state index in [9.17, 15) is 8.78 Å². The average molecular weight is 275 g/mol. The maximum absolute atomic E-state index is 13.8. The van der Waals surface area contributed by atoms with Crippen LogP contribution in [0.25, 0.3) is 0 Å². The Morgan fingerprint density at radius 3 is 1.78 bits per heavy atom. The van der Waals surface area contributed by atoms with Crippen molar-refractivity contribution < 1.29 is 18.1 Å². The minimum Gasteiger partial charge on any atom is -0.399 e. The zero-order valence-corrected chi connectivity index (χ0v) is 11.4. The molecule has 0 saturated carbocycles. The van der Waals surface area contributed by atoms with Crippen LogP contribution < -0.4 is 5.46 Å². The molecule has 0 N–H and O–H groups in total. The van der Waals surface area contributed by atoms with Crippen LogP contribution in [0.4, 0.5) is 8.78 Å². The molecule has 1 aliphatic heterocycles. The zero-order chi connectivity index (χ0) is 13.7. The summed E-state index contributed by atoms with van der Waals surface area (Å²) in [5.41, 5.74) is -1.52. The molecule has 1 heterocycles. The second kappa shape index (κ2) is 4.18. The van der Waals surface area contributed by atoms with Crippen LogP contribution in [-0.4, -0.2) is 18.3 Å². The Balaban J connectivity index is 2.42. The molecule has 18 heavy (non-hydrogen) atoms. The Labute approximate surface area is 110 Å². The van der Waals surface area contributed by atoms with Crippen molar-refractivity contribution in [3.63, 3.8) is 0 Å². The highest BCUT2D eigenvalue weighted by Crippen LogP contribution is 2.36. The lowest BCUT2D eigenvalue weighted by molar-refractivity contribution is 0.00578. The van der Waals surface area contributed by atoms with Gasteiger partial charge in [0.25, 0.3) is 0 Å². The highest BCUT2D eigenvalue weighted by molar-refractivity contribution is 6.62. The lowest BCUT2D eigenvalue weighted by Gasteiger charge is -2.32. The minimum atomic E-state index is -1.06. The summed E-state index contributed by atoms with van der Waals surface area (Å²) in [5, 5.41) is 0.00488. The summed E-state index contributed by atoms with van der Waals surface area (Å²) in [6.07, 6.45) is 0. The summed E-state index contributed by atoms with van der Waals surface area (Å²) < 4.78 is 38.8. The molecule has 0 spiro atoms. The molecular weight excluding hydrogens is 260 g/mol. The Hall–Kier alpha value is -0.645. The van der Waals surface area contributed by atoms with Gasteiger partial charge in [0, 0.05) is 5.02 Å². The van der Waals surface area contributed by atoms with Crippen molar-refractivity contribution in [1.82, 2.24) is 0 Å². The van der Waals surface area contributed by atoms with Gasteiger partial charge in [0.15, 0.2) is 0 Å². The normalized spacial score (nSPS) is 21.4. The SMILES string of the molecule is CC1(C)OB(c2c(F)cc(Cl)cc2F)OC1(C)C. The quantitative estimate of drug-likeness (QED) is 0.733. The first-order valence-corrected chi connectivity index (χ1v) is 6.02. The van der Waals surface area contributed by atoms with E-state index in [2.05, 4.69) is 0 Å². The van der Waals surface area contributed by atoms with Crippen LogP contribution in [-0.2, 0) is 9.31 Å². The molecule has 0 aliphatic carbocycles. The summed E-state index contributed by atoms with van der Waals surface area (Å²) in [7, 11) is -1.06. The van der Waals surface area contributed by atoms with E-state index in [4.69, 9.17) is 20.9 Å². The lowest BCUT2D eigenvalue weighted by atomic mass is 9.78. The fourth-order valence-electron chi connectivity index (χ4n) is 1.74. The third-order valence-corrected chi connectivity index (χ3v) is 3.75. The van der Waals surface area contributed by atoms with Gasteiger partial charge in [-0.3, -0.25) is 0 Å². The lowest BCUT2D eigenvalue weighted by Crippen LogP contribution is -2.41. The second-order valence-electron chi connectivity index (χ2n) is 5.37. The first-order valence-electron chi connectivity index (χ1n) is 5.64. The van der Waals surface area contributed by atoms with Crippen molar-refractivity contribution in [2.24, 2.45) is 0 Å². The summed E-state index contributed by atoms with van der Waals surface area (Å²) in [6, 6.07) is 2.09. The molecule has 0 unspecified atom stereocenters. The van der Waals surface area contributed by atoms with Gasteiger partial charge in [-0.25, -0.2) is 8.78 Å². The van der Waals surface area contributed by atoms with Crippen LogP contribution in [0, 0.1) is 11.6 Å². The number of benzene rings is 1. The summed E-state index contributed by atoms with van der Waals surface area (Å²) in [6.45, 7) is 7.27. The molecule has 1 fully saturated rings. The Morgan fingerprint density at radius 1 is 1.00 bits per heavy atom. The maximum Gasteiger partial charge on any atom is 0.500 e. The summed E-state index contributed by atoms with van der Waals surface area (Å²) in [4.78, 5) is 0. The molecule has 0 amide bonds. The van der Waals surface area contributed by atoms with Crippen LogP contribution in [0.5, 0.6) is 0 Å². The van der Waals surface area contributed by atoms with Crippen LogP contribution in [0.1, 0.15) is 27.7 Å². The average Bonchev–Trinajstić information content (AvgIpc) is 2.32. The first kappa shape index (κ1) is 13.8. The standard InChI is InChI=1S/C12H14BClF2O2/c1-11(2)12(3,4)18-13(17-11)10-8(15)5-7(14)6-9(10)16/h5-6H,1-4H3. The van der Waals surface area contributed by atoms with Gasteiger partial charge in [0.05, 0.1) is 16.7 Å². The van der Waals surface area contributed by atoms with Gasteiger partial charge < -0.3 is 9.31 Å². The fraction of sp³-hybridized carbons (Fsp3) is 0.500. The molecule has 1 aromatic rings. The molecule has 1 aromatic carbocycles. The Morgan fingerprint density at radius 2 is 1.39 bits per heavy atom. The fourth-order valence-corrected chi connectivity index (χ4v) is 1.93. The van der Waals surface area contributed by atoms with E-state index in [0.717, 1.165) is 12.1 Å². The van der Waals surface area contributed by atoms with Gasteiger partial charge in [-0.2, -0.15) is 0 Å². The maximum atomic E-state index is 13.8. The van der Waals surface area contributed by atoms with Crippen LogP contribution in [0.3, 0.4) is 0 Å². The minimum absolute atomic E-state index is 0.00488. The highest BCUT2D eigenvalue weighted by atomic mass is 35.5. The molecule has 0 bridgehead atoms. The van der Waals surface area contributed by atoms with Crippen LogP contribution in [0.15, 0.2) is 12.1 Å². The summed E-state index contributed by atoms with van der Waals surface area (Å²) in [5.74, 6) is -1.53. The number of rotatable bonds is 1. The highest BCUT2D eigenvalue weighted by Gasteiger charge is 2.53. The van der Waals surface area contributed by atoms with E-state index in [1.54, 1.807) is 0 Å². The molecule has 2 nitrogen and oxygen atoms in total. The van der Waals surface area contributed by atoms with Gasteiger partial charge in [0.1, 0.15) is 11.6 Å². The molecule has 1 aliphatic rings. The smallest absolute Gasteiger partial charge is 0.399 e. The van der Waals surface area contributed by atoms with E-state index in [1.807, 2.05) is 27.7 Å². The summed E-state index contributed by atoms with van der Waals surface area (Å²) >= 11 is 5.58. The van der Waals surface area contributed by atoms with E-state index < -0.39 is 30.0 Å². The van der Waals surface area contributed by atoms with Crippen LogP contribution in [0.2, 0.25) is 5.02 Å².